The van der Waals surface area contributed by atoms with Gasteiger partial charge in [-0.15, -0.1) is 11.3 Å². The number of halogens is 2. The zero-order valence-electron chi connectivity index (χ0n) is 11.7. The van der Waals surface area contributed by atoms with Gasteiger partial charge in [0.15, 0.2) is 0 Å². The molecule has 0 saturated carbocycles. The molecule has 3 nitrogen and oxygen atoms in total. The van der Waals surface area contributed by atoms with E-state index in [-0.39, 0.29) is 11.9 Å². The predicted molar refractivity (Wildman–Crippen MR) is 88.1 cm³/mol. The lowest BCUT2D eigenvalue weighted by Crippen LogP contribution is -2.14. The average molecular weight is 368 g/mol. The molecular weight excluding hydrogens is 353 g/mol. The number of benzene rings is 1. The van der Waals surface area contributed by atoms with Gasteiger partial charge >= 0.3 is 0 Å². The Kier molecular flexibility index (Phi) is 3.86. The van der Waals surface area contributed by atoms with Crippen molar-refractivity contribution in [3.05, 3.63) is 50.8 Å². The Hall–Kier alpha value is -1.24. The number of aryl methyl sites for hydroxylation is 2. The third-order valence-electron chi connectivity index (χ3n) is 3.54. The number of thiophene rings is 1. The van der Waals surface area contributed by atoms with Crippen LogP contribution in [0.25, 0.3) is 10.1 Å². The van der Waals surface area contributed by atoms with E-state index < -0.39 is 0 Å². The minimum atomic E-state index is -0.213. The van der Waals surface area contributed by atoms with Crippen LogP contribution in [0.2, 0.25) is 0 Å². The van der Waals surface area contributed by atoms with Gasteiger partial charge in [0, 0.05) is 29.1 Å². The van der Waals surface area contributed by atoms with E-state index in [9.17, 15) is 4.39 Å². The summed E-state index contributed by atoms with van der Waals surface area (Å²) in [5, 5.41) is 5.41. The molecule has 3 rings (SSSR count). The molecule has 1 atom stereocenters. The maximum Gasteiger partial charge on any atom is 0.124 e. The van der Waals surface area contributed by atoms with Gasteiger partial charge in [-0.2, -0.15) is 5.10 Å². The van der Waals surface area contributed by atoms with Crippen molar-refractivity contribution < 1.29 is 4.39 Å². The largest absolute Gasteiger partial charge is 0.323 e. The van der Waals surface area contributed by atoms with Crippen molar-refractivity contribution in [3.63, 3.8) is 0 Å². The highest BCUT2D eigenvalue weighted by molar-refractivity contribution is 9.10. The van der Waals surface area contributed by atoms with Crippen LogP contribution in [0.3, 0.4) is 0 Å². The lowest BCUT2D eigenvalue weighted by atomic mass is 10.1. The van der Waals surface area contributed by atoms with Crippen molar-refractivity contribution in [2.45, 2.75) is 19.4 Å². The molecule has 0 aliphatic carbocycles. The molecule has 0 spiro atoms. The number of nitrogens with zero attached hydrogens (tertiary/aromatic N) is 2. The van der Waals surface area contributed by atoms with Crippen LogP contribution in [-0.2, 0) is 13.5 Å². The second kappa shape index (κ2) is 5.51. The molecule has 0 bridgehead atoms. The summed E-state index contributed by atoms with van der Waals surface area (Å²) in [4.78, 5) is 1.06. The number of aromatic nitrogens is 2. The van der Waals surface area contributed by atoms with Gasteiger partial charge in [0.2, 0.25) is 0 Å². The molecule has 0 aliphatic rings. The van der Waals surface area contributed by atoms with Crippen molar-refractivity contribution in [3.8, 4) is 0 Å². The second-order valence-corrected chi connectivity index (χ2v) is 7.02. The maximum atomic E-state index is 13.3. The van der Waals surface area contributed by atoms with Gasteiger partial charge in [0.25, 0.3) is 0 Å². The topological polar surface area (TPSA) is 43.8 Å². The standard InChI is InChI=1S/C15H15BrFN3S/c1-8-15(16)12(20(2)19-8)7-11(18)14-5-9-3-4-10(17)6-13(9)21-14/h3-6,11H,7,18H2,1-2H3. The van der Waals surface area contributed by atoms with E-state index in [1.165, 1.54) is 6.07 Å². The molecule has 1 unspecified atom stereocenters. The van der Waals surface area contributed by atoms with Crippen molar-refractivity contribution in [2.75, 3.05) is 0 Å². The lowest BCUT2D eigenvalue weighted by molar-refractivity contribution is 0.630. The molecule has 0 radical (unpaired) electrons. The van der Waals surface area contributed by atoms with Gasteiger partial charge < -0.3 is 5.73 Å². The highest BCUT2D eigenvalue weighted by Crippen LogP contribution is 2.32. The molecule has 2 N–H and O–H groups in total. The van der Waals surface area contributed by atoms with Crippen LogP contribution in [0, 0.1) is 12.7 Å². The van der Waals surface area contributed by atoms with Gasteiger partial charge in [-0.25, -0.2) is 4.39 Å². The third kappa shape index (κ3) is 2.75. The van der Waals surface area contributed by atoms with Crippen LogP contribution in [0.1, 0.15) is 22.3 Å². The lowest BCUT2D eigenvalue weighted by Gasteiger charge is -2.10. The summed E-state index contributed by atoms with van der Waals surface area (Å²) in [7, 11) is 1.92. The number of hydrogen-bond acceptors (Lipinski definition) is 3. The minimum absolute atomic E-state index is 0.128. The summed E-state index contributed by atoms with van der Waals surface area (Å²) >= 11 is 5.11. The van der Waals surface area contributed by atoms with Crippen LogP contribution in [-0.4, -0.2) is 9.78 Å². The van der Waals surface area contributed by atoms with E-state index in [4.69, 9.17) is 5.73 Å². The summed E-state index contributed by atoms with van der Waals surface area (Å²) in [6, 6.07) is 6.74. The first kappa shape index (κ1) is 14.7. The van der Waals surface area contributed by atoms with Gasteiger partial charge in [-0.05, 0) is 46.4 Å². The zero-order chi connectivity index (χ0) is 15.1. The molecular formula is C15H15BrFN3S. The monoisotopic (exact) mass is 367 g/mol. The second-order valence-electron chi connectivity index (χ2n) is 5.11. The Morgan fingerprint density at radius 2 is 2.19 bits per heavy atom. The number of fused-ring (bicyclic) bond motifs is 1. The Labute approximate surface area is 134 Å². The first-order chi connectivity index (χ1) is 9.95. The van der Waals surface area contributed by atoms with Crippen LogP contribution >= 0.6 is 27.3 Å². The van der Waals surface area contributed by atoms with Crippen molar-refractivity contribution >= 4 is 37.4 Å². The zero-order valence-corrected chi connectivity index (χ0v) is 14.1. The van der Waals surface area contributed by atoms with Crippen molar-refractivity contribution in [1.29, 1.82) is 0 Å². The molecule has 21 heavy (non-hydrogen) atoms. The Balaban J connectivity index is 1.91. The SMILES string of the molecule is Cc1nn(C)c(CC(N)c2cc3ccc(F)cc3s2)c1Br. The predicted octanol–water partition coefficient (Wildman–Crippen LogP) is 4.09. The fraction of sp³-hybridized carbons (Fsp3) is 0.267. The van der Waals surface area contributed by atoms with E-state index in [1.807, 2.05) is 24.7 Å². The van der Waals surface area contributed by atoms with Gasteiger partial charge in [0.1, 0.15) is 5.82 Å². The highest BCUT2D eigenvalue weighted by atomic mass is 79.9. The normalized spacial score (nSPS) is 13.0. The molecule has 110 valence electrons. The fourth-order valence-electron chi connectivity index (χ4n) is 2.42. The smallest absolute Gasteiger partial charge is 0.124 e. The summed E-state index contributed by atoms with van der Waals surface area (Å²) in [6.07, 6.45) is 0.688. The molecule has 3 aromatic rings. The van der Waals surface area contributed by atoms with Crippen LogP contribution in [0.4, 0.5) is 4.39 Å². The number of nitrogens with two attached hydrogens (primary N) is 1. The van der Waals surface area contributed by atoms with Crippen molar-refractivity contribution in [1.82, 2.24) is 9.78 Å². The third-order valence-corrected chi connectivity index (χ3v) is 5.80. The first-order valence-corrected chi connectivity index (χ1v) is 8.19. The number of rotatable bonds is 3. The van der Waals surface area contributed by atoms with E-state index in [2.05, 4.69) is 21.0 Å². The van der Waals surface area contributed by atoms with Crippen LogP contribution < -0.4 is 5.73 Å². The Morgan fingerprint density at radius 1 is 1.43 bits per heavy atom. The molecule has 0 amide bonds. The fourth-order valence-corrected chi connectivity index (χ4v) is 4.01. The molecule has 0 aliphatic heterocycles. The summed E-state index contributed by atoms with van der Waals surface area (Å²) in [5.41, 5.74) is 8.36. The van der Waals surface area contributed by atoms with Gasteiger partial charge in [0.05, 0.1) is 15.9 Å². The molecule has 0 saturated heterocycles. The Bertz CT molecular complexity index is 809. The molecule has 2 heterocycles. The first-order valence-electron chi connectivity index (χ1n) is 6.58. The van der Waals surface area contributed by atoms with Crippen molar-refractivity contribution in [2.24, 2.45) is 12.8 Å². The molecule has 1 aromatic carbocycles. The summed E-state index contributed by atoms with van der Waals surface area (Å²) < 4.78 is 17.1. The minimum Gasteiger partial charge on any atom is -0.323 e. The molecule has 2 aromatic heterocycles. The van der Waals surface area contributed by atoms with Crippen LogP contribution in [0.15, 0.2) is 28.7 Å². The van der Waals surface area contributed by atoms with Gasteiger partial charge in [-0.1, -0.05) is 6.07 Å². The quantitative estimate of drug-likeness (QED) is 0.757. The molecule has 0 fully saturated rings. The van der Waals surface area contributed by atoms with E-state index in [0.29, 0.717) is 6.42 Å². The summed E-state index contributed by atoms with van der Waals surface area (Å²) in [5.74, 6) is -0.213. The van der Waals surface area contributed by atoms with E-state index in [1.54, 1.807) is 23.5 Å². The van der Waals surface area contributed by atoms with E-state index >= 15 is 0 Å². The van der Waals surface area contributed by atoms with Crippen LogP contribution in [0.5, 0.6) is 0 Å². The average Bonchev–Trinajstić information content (AvgIpc) is 2.95. The number of hydrogen-bond donors (Lipinski definition) is 1. The highest BCUT2D eigenvalue weighted by Gasteiger charge is 2.17. The van der Waals surface area contributed by atoms with E-state index in [0.717, 1.165) is 30.8 Å². The summed E-state index contributed by atoms with van der Waals surface area (Å²) in [6.45, 7) is 1.96. The Morgan fingerprint density at radius 3 is 2.86 bits per heavy atom. The van der Waals surface area contributed by atoms with Gasteiger partial charge in [-0.3, -0.25) is 4.68 Å². The maximum absolute atomic E-state index is 13.3. The molecule has 6 heteroatoms.